The van der Waals surface area contributed by atoms with Crippen LogP contribution in [0.25, 0.3) is 0 Å². The average Bonchev–Trinajstić information content (AvgIpc) is 3.02. The molecule has 178 valence electrons. The molecule has 4 rings (SSSR count). The number of ether oxygens (including phenoxy) is 5. The van der Waals surface area contributed by atoms with Crippen molar-refractivity contribution >= 4 is 11.8 Å². The molecule has 0 saturated carbocycles. The Balaban J connectivity index is 1.38. The molecule has 34 heavy (non-hydrogen) atoms. The number of aromatic nitrogens is 1. The maximum atomic E-state index is 12.6. The monoisotopic (exact) mass is 467 g/mol. The highest BCUT2D eigenvalue weighted by Crippen LogP contribution is 2.31. The summed E-state index contributed by atoms with van der Waals surface area (Å²) in [5.74, 6) is 1.57. The van der Waals surface area contributed by atoms with Gasteiger partial charge in [0.25, 0.3) is 0 Å². The van der Waals surface area contributed by atoms with Crippen LogP contribution in [-0.2, 0) is 11.3 Å². The van der Waals surface area contributed by atoms with E-state index < -0.39 is 12.6 Å². The third-order valence-corrected chi connectivity index (χ3v) is 5.36. The van der Waals surface area contributed by atoms with Crippen molar-refractivity contribution in [3.63, 3.8) is 0 Å². The van der Waals surface area contributed by atoms with Crippen LogP contribution in [0.15, 0.2) is 40.9 Å². The molecular formula is C25H25NO8. The molecule has 0 atom stereocenters. The Morgan fingerprint density at radius 1 is 0.971 bits per heavy atom. The fraction of sp³-hybridized carbons (Fsp3) is 0.320. The standard InChI is InChI=1S/C25H25NO8/c1-15-19(16(2)34-26-15)13-32-21-8-6-18(12-23(21)29-3)25(28)33-14-20(27)17-5-7-22-24(11-17)31-10-4-9-30-22/h5-8,11-12H,4,9-10,13-14H2,1-3H3. The van der Waals surface area contributed by atoms with Crippen molar-refractivity contribution in [2.45, 2.75) is 26.9 Å². The predicted molar refractivity (Wildman–Crippen MR) is 120 cm³/mol. The maximum Gasteiger partial charge on any atom is 0.338 e. The van der Waals surface area contributed by atoms with E-state index in [1.807, 2.05) is 13.8 Å². The van der Waals surface area contributed by atoms with E-state index in [0.717, 1.165) is 17.7 Å². The molecule has 1 aromatic heterocycles. The summed E-state index contributed by atoms with van der Waals surface area (Å²) in [6.07, 6.45) is 0.767. The van der Waals surface area contributed by atoms with Gasteiger partial charge in [-0.1, -0.05) is 5.16 Å². The fourth-order valence-corrected chi connectivity index (χ4v) is 3.41. The number of ketones is 1. The van der Waals surface area contributed by atoms with E-state index in [0.29, 0.717) is 47.5 Å². The predicted octanol–water partition coefficient (Wildman–Crippen LogP) is 4.08. The second-order valence-corrected chi connectivity index (χ2v) is 7.67. The largest absolute Gasteiger partial charge is 0.493 e. The summed E-state index contributed by atoms with van der Waals surface area (Å²) in [7, 11) is 1.47. The fourth-order valence-electron chi connectivity index (χ4n) is 3.41. The van der Waals surface area contributed by atoms with E-state index in [-0.39, 0.29) is 18.0 Å². The zero-order valence-corrected chi connectivity index (χ0v) is 19.2. The van der Waals surface area contributed by atoms with Crippen LogP contribution < -0.4 is 18.9 Å². The van der Waals surface area contributed by atoms with Gasteiger partial charge in [0, 0.05) is 12.0 Å². The first-order valence-electron chi connectivity index (χ1n) is 10.8. The molecule has 0 spiro atoms. The third-order valence-electron chi connectivity index (χ3n) is 5.36. The van der Waals surface area contributed by atoms with Gasteiger partial charge in [-0.25, -0.2) is 4.79 Å². The number of hydrogen-bond acceptors (Lipinski definition) is 9. The molecular weight excluding hydrogens is 442 g/mol. The number of esters is 1. The number of carbonyl (C=O) groups is 2. The summed E-state index contributed by atoms with van der Waals surface area (Å²) in [4.78, 5) is 25.1. The summed E-state index contributed by atoms with van der Waals surface area (Å²) in [6.45, 7) is 4.54. The second-order valence-electron chi connectivity index (χ2n) is 7.67. The Hall–Kier alpha value is -4.01. The van der Waals surface area contributed by atoms with Gasteiger partial charge in [0.1, 0.15) is 12.4 Å². The van der Waals surface area contributed by atoms with E-state index in [1.54, 1.807) is 30.3 Å². The summed E-state index contributed by atoms with van der Waals surface area (Å²) in [5, 5.41) is 3.90. The molecule has 0 fully saturated rings. The summed E-state index contributed by atoms with van der Waals surface area (Å²) in [5.41, 5.74) is 2.19. The van der Waals surface area contributed by atoms with E-state index in [2.05, 4.69) is 5.16 Å². The van der Waals surface area contributed by atoms with Crippen LogP contribution in [0.2, 0.25) is 0 Å². The van der Waals surface area contributed by atoms with Gasteiger partial charge in [0.05, 0.1) is 37.1 Å². The Kier molecular flexibility index (Phi) is 7.01. The number of Topliss-reactive ketones (excluding diaryl/α,β-unsaturated/α-hetero) is 1. The molecule has 0 unspecified atom stereocenters. The van der Waals surface area contributed by atoms with Gasteiger partial charge in [-0.15, -0.1) is 0 Å². The summed E-state index contributed by atoms with van der Waals surface area (Å²) in [6, 6.07) is 9.57. The lowest BCUT2D eigenvalue weighted by Gasteiger charge is -2.12. The molecule has 2 heterocycles. The number of nitrogens with zero attached hydrogens (tertiary/aromatic N) is 1. The summed E-state index contributed by atoms with van der Waals surface area (Å²) < 4.78 is 32.7. The van der Waals surface area contributed by atoms with Crippen LogP contribution >= 0.6 is 0 Å². The van der Waals surface area contributed by atoms with Gasteiger partial charge in [-0.05, 0) is 50.2 Å². The van der Waals surface area contributed by atoms with Gasteiger partial charge >= 0.3 is 5.97 Å². The van der Waals surface area contributed by atoms with Crippen molar-refractivity contribution in [2.75, 3.05) is 26.9 Å². The smallest absolute Gasteiger partial charge is 0.338 e. The lowest BCUT2D eigenvalue weighted by molar-refractivity contribution is 0.0474. The van der Waals surface area contributed by atoms with E-state index in [1.165, 1.54) is 13.2 Å². The second kappa shape index (κ2) is 10.3. The topological polar surface area (TPSA) is 106 Å². The molecule has 9 nitrogen and oxygen atoms in total. The lowest BCUT2D eigenvalue weighted by atomic mass is 10.1. The summed E-state index contributed by atoms with van der Waals surface area (Å²) >= 11 is 0. The first-order chi connectivity index (χ1) is 16.5. The number of benzene rings is 2. The van der Waals surface area contributed by atoms with Crippen LogP contribution in [0.5, 0.6) is 23.0 Å². The van der Waals surface area contributed by atoms with Gasteiger partial charge < -0.3 is 28.2 Å². The highest BCUT2D eigenvalue weighted by atomic mass is 16.5. The third kappa shape index (κ3) is 5.14. The quantitative estimate of drug-likeness (QED) is 0.358. The Morgan fingerprint density at radius 3 is 2.47 bits per heavy atom. The lowest BCUT2D eigenvalue weighted by Crippen LogP contribution is -2.14. The maximum absolute atomic E-state index is 12.6. The van der Waals surface area contributed by atoms with E-state index >= 15 is 0 Å². The van der Waals surface area contributed by atoms with Gasteiger partial charge in [-0.2, -0.15) is 0 Å². The molecule has 2 aromatic carbocycles. The van der Waals surface area contributed by atoms with Crippen molar-refractivity contribution < 1.29 is 37.8 Å². The zero-order valence-electron chi connectivity index (χ0n) is 19.2. The number of aryl methyl sites for hydroxylation is 2. The molecule has 0 bridgehead atoms. The van der Waals surface area contributed by atoms with Crippen molar-refractivity contribution in [3.8, 4) is 23.0 Å². The van der Waals surface area contributed by atoms with Crippen LogP contribution in [0, 0.1) is 13.8 Å². The minimum atomic E-state index is -0.654. The number of carbonyl (C=O) groups excluding carboxylic acids is 2. The van der Waals surface area contributed by atoms with Gasteiger partial charge in [-0.3, -0.25) is 4.79 Å². The molecule has 3 aromatic rings. The molecule has 0 radical (unpaired) electrons. The zero-order chi connectivity index (χ0) is 24.1. The van der Waals surface area contributed by atoms with Gasteiger partial charge in [0.2, 0.25) is 0 Å². The Morgan fingerprint density at radius 2 is 1.74 bits per heavy atom. The van der Waals surface area contributed by atoms with Crippen LogP contribution in [-0.4, -0.2) is 43.8 Å². The molecule has 1 aliphatic heterocycles. The van der Waals surface area contributed by atoms with Crippen LogP contribution in [0.1, 0.15) is 44.2 Å². The number of rotatable bonds is 8. The molecule has 0 amide bonds. The minimum absolute atomic E-state index is 0.230. The molecule has 1 aliphatic rings. The first-order valence-corrected chi connectivity index (χ1v) is 10.8. The highest BCUT2D eigenvalue weighted by Gasteiger charge is 2.18. The first kappa shape index (κ1) is 23.2. The van der Waals surface area contributed by atoms with E-state index in [9.17, 15) is 9.59 Å². The molecule has 9 heteroatoms. The molecule has 0 N–H and O–H groups in total. The van der Waals surface area contributed by atoms with Crippen LogP contribution in [0.4, 0.5) is 0 Å². The minimum Gasteiger partial charge on any atom is -0.493 e. The number of methoxy groups -OCH3 is 1. The Labute approximate surface area is 196 Å². The normalized spacial score (nSPS) is 12.6. The SMILES string of the molecule is COc1cc(C(=O)OCC(=O)c2ccc3c(c2)OCCCO3)ccc1OCc1c(C)noc1C. The van der Waals surface area contributed by atoms with E-state index in [4.69, 9.17) is 28.2 Å². The highest BCUT2D eigenvalue weighted by molar-refractivity contribution is 6.00. The Bertz CT molecular complexity index is 1180. The van der Waals surface area contributed by atoms with Crippen molar-refractivity contribution in [1.29, 1.82) is 0 Å². The molecule has 0 saturated heterocycles. The van der Waals surface area contributed by atoms with Crippen molar-refractivity contribution in [1.82, 2.24) is 5.16 Å². The van der Waals surface area contributed by atoms with Crippen molar-refractivity contribution in [3.05, 3.63) is 64.5 Å². The number of fused-ring (bicyclic) bond motifs is 1. The van der Waals surface area contributed by atoms with Crippen LogP contribution in [0.3, 0.4) is 0 Å². The number of hydrogen-bond donors (Lipinski definition) is 0. The molecule has 0 aliphatic carbocycles. The van der Waals surface area contributed by atoms with Crippen molar-refractivity contribution in [2.24, 2.45) is 0 Å². The average molecular weight is 467 g/mol. The van der Waals surface area contributed by atoms with Gasteiger partial charge in [0.15, 0.2) is 35.4 Å².